The normalized spacial score (nSPS) is 24.8. The van der Waals surface area contributed by atoms with Crippen LogP contribution in [0, 0.1) is 5.92 Å². The fourth-order valence-electron chi connectivity index (χ4n) is 6.02. The van der Waals surface area contributed by atoms with Crippen molar-refractivity contribution in [2.24, 2.45) is 5.92 Å². The van der Waals surface area contributed by atoms with Crippen LogP contribution in [0.2, 0.25) is 5.02 Å². The van der Waals surface area contributed by atoms with Crippen molar-refractivity contribution in [2.45, 2.75) is 69.1 Å². The van der Waals surface area contributed by atoms with Gasteiger partial charge in [0.2, 0.25) is 0 Å². The van der Waals surface area contributed by atoms with E-state index in [0.29, 0.717) is 23.3 Å². The third kappa shape index (κ3) is 5.68. The van der Waals surface area contributed by atoms with Crippen molar-refractivity contribution in [3.63, 3.8) is 0 Å². The van der Waals surface area contributed by atoms with Gasteiger partial charge in [0.05, 0.1) is 17.9 Å². The molecule has 5 rings (SSSR count). The molecule has 3 atom stereocenters. The molecule has 6 heteroatoms. The van der Waals surface area contributed by atoms with Crippen LogP contribution in [-0.4, -0.2) is 42.3 Å². The second-order valence-electron chi connectivity index (χ2n) is 11.8. The lowest BCUT2D eigenvalue weighted by Crippen LogP contribution is -2.49. The molecule has 1 fully saturated rings. The lowest BCUT2D eigenvalue weighted by molar-refractivity contribution is 0.00695. The number of aryl methyl sites for hydroxylation is 1. The van der Waals surface area contributed by atoms with Gasteiger partial charge in [-0.25, -0.2) is 4.79 Å². The lowest BCUT2D eigenvalue weighted by atomic mass is 9.70. The SMILES string of the molecule is C=CCS[C@H]1CC[C@@H]1CN1C[C@@]2(CCCc3cc(Cl)ccc32)COc2ccc(C(=O)OC(C)(C)C)cc21. The summed E-state index contributed by atoms with van der Waals surface area (Å²) in [6.07, 6.45) is 7.73. The third-order valence-corrected chi connectivity index (χ3v) is 9.61. The summed E-state index contributed by atoms with van der Waals surface area (Å²) in [4.78, 5) is 15.5. The molecule has 2 aliphatic carbocycles. The van der Waals surface area contributed by atoms with E-state index < -0.39 is 5.60 Å². The maximum absolute atomic E-state index is 13.0. The topological polar surface area (TPSA) is 38.8 Å². The number of benzene rings is 2. The molecule has 0 bridgehead atoms. The Balaban J connectivity index is 1.51. The van der Waals surface area contributed by atoms with Crippen LogP contribution in [0.3, 0.4) is 0 Å². The van der Waals surface area contributed by atoms with Gasteiger partial charge in [-0.3, -0.25) is 0 Å². The Morgan fingerprint density at radius 1 is 1.27 bits per heavy atom. The van der Waals surface area contributed by atoms with Crippen LogP contribution in [0.15, 0.2) is 49.1 Å². The molecule has 0 unspecified atom stereocenters. The number of carbonyl (C=O) groups is 1. The molecular weight excluding hydrogens is 502 g/mol. The molecule has 0 amide bonds. The average Bonchev–Trinajstić information content (AvgIpc) is 2.98. The molecular formula is C31H38ClNO3S. The molecule has 37 heavy (non-hydrogen) atoms. The van der Waals surface area contributed by atoms with Crippen LogP contribution in [0.25, 0.3) is 0 Å². The largest absolute Gasteiger partial charge is 0.490 e. The van der Waals surface area contributed by atoms with Gasteiger partial charge in [-0.1, -0.05) is 23.7 Å². The number of halogens is 1. The minimum Gasteiger partial charge on any atom is -0.490 e. The predicted octanol–water partition coefficient (Wildman–Crippen LogP) is 7.47. The van der Waals surface area contributed by atoms with Gasteiger partial charge in [0, 0.05) is 34.5 Å². The number of carbonyl (C=O) groups excluding carboxylic acids is 1. The summed E-state index contributed by atoms with van der Waals surface area (Å²) in [5.41, 5.74) is 3.61. The third-order valence-electron chi connectivity index (χ3n) is 7.90. The molecule has 198 valence electrons. The highest BCUT2D eigenvalue weighted by atomic mass is 35.5. The summed E-state index contributed by atoms with van der Waals surface area (Å²) in [5, 5.41) is 1.44. The lowest BCUT2D eigenvalue weighted by Gasteiger charge is -2.44. The van der Waals surface area contributed by atoms with Gasteiger partial charge in [0.15, 0.2) is 0 Å². The summed E-state index contributed by atoms with van der Waals surface area (Å²) < 4.78 is 12.3. The summed E-state index contributed by atoms with van der Waals surface area (Å²) >= 11 is 8.40. The van der Waals surface area contributed by atoms with Crippen LogP contribution in [0.5, 0.6) is 5.75 Å². The fourth-order valence-corrected chi connectivity index (χ4v) is 7.39. The Morgan fingerprint density at radius 2 is 2.11 bits per heavy atom. The molecule has 0 aromatic heterocycles. The smallest absolute Gasteiger partial charge is 0.338 e. The van der Waals surface area contributed by atoms with Gasteiger partial charge < -0.3 is 14.4 Å². The van der Waals surface area contributed by atoms with Gasteiger partial charge in [0.1, 0.15) is 11.4 Å². The highest BCUT2D eigenvalue weighted by Crippen LogP contribution is 2.46. The van der Waals surface area contributed by atoms with Gasteiger partial charge >= 0.3 is 5.97 Å². The van der Waals surface area contributed by atoms with Crippen LogP contribution < -0.4 is 9.64 Å². The molecule has 1 saturated carbocycles. The van der Waals surface area contributed by atoms with E-state index in [-0.39, 0.29) is 11.4 Å². The van der Waals surface area contributed by atoms with Crippen molar-refractivity contribution < 1.29 is 14.3 Å². The van der Waals surface area contributed by atoms with E-state index in [4.69, 9.17) is 21.1 Å². The van der Waals surface area contributed by atoms with Crippen LogP contribution in [-0.2, 0) is 16.6 Å². The summed E-state index contributed by atoms with van der Waals surface area (Å²) in [6.45, 7) is 12.0. The number of esters is 1. The summed E-state index contributed by atoms with van der Waals surface area (Å²) in [5.74, 6) is 2.14. The number of hydrogen-bond acceptors (Lipinski definition) is 5. The van der Waals surface area contributed by atoms with E-state index in [2.05, 4.69) is 23.6 Å². The van der Waals surface area contributed by atoms with E-state index in [1.54, 1.807) is 0 Å². The molecule has 2 aromatic rings. The highest BCUT2D eigenvalue weighted by molar-refractivity contribution is 8.00. The number of anilines is 1. The van der Waals surface area contributed by atoms with Crippen molar-refractivity contribution in [1.29, 1.82) is 0 Å². The van der Waals surface area contributed by atoms with E-state index in [9.17, 15) is 4.79 Å². The zero-order valence-corrected chi connectivity index (χ0v) is 23.8. The van der Waals surface area contributed by atoms with Crippen molar-refractivity contribution in [3.05, 3.63) is 70.8 Å². The van der Waals surface area contributed by atoms with Crippen LogP contribution in [0.4, 0.5) is 5.69 Å². The fraction of sp³-hybridized carbons (Fsp3) is 0.516. The number of rotatable bonds is 6. The van der Waals surface area contributed by atoms with E-state index in [1.165, 1.54) is 24.0 Å². The molecule has 1 spiro atoms. The standard InChI is InChI=1S/C31H38ClNO3S/c1-5-15-37-28-13-9-23(28)18-33-19-31(14-6-7-21-16-24(32)10-11-25(21)31)20-35-27-12-8-22(17-26(27)33)29(34)36-30(2,3)4/h5,8,10-12,16-17,23,28H,1,6-7,9,13-15,18-20H2,2-4H3/t23-,28+,31+/m1/s1. The van der Waals surface area contributed by atoms with Crippen molar-refractivity contribution in [1.82, 2.24) is 0 Å². The van der Waals surface area contributed by atoms with E-state index in [0.717, 1.165) is 54.6 Å². The predicted molar refractivity (Wildman–Crippen MR) is 155 cm³/mol. The number of hydrogen-bond donors (Lipinski definition) is 0. The summed E-state index contributed by atoms with van der Waals surface area (Å²) in [7, 11) is 0. The molecule has 0 radical (unpaired) electrons. The first-order chi connectivity index (χ1) is 17.7. The van der Waals surface area contributed by atoms with Crippen LogP contribution >= 0.6 is 23.4 Å². The molecule has 4 nitrogen and oxygen atoms in total. The minimum atomic E-state index is -0.543. The molecule has 1 aliphatic heterocycles. The Hall–Kier alpha value is -2.11. The minimum absolute atomic E-state index is 0.114. The maximum atomic E-state index is 13.0. The number of thioether (sulfide) groups is 1. The van der Waals surface area contributed by atoms with E-state index >= 15 is 0 Å². The van der Waals surface area contributed by atoms with Gasteiger partial charge in [-0.05, 0) is 100 Å². The molecule has 1 heterocycles. The number of nitrogens with zero attached hydrogens (tertiary/aromatic N) is 1. The number of fused-ring (bicyclic) bond motifs is 3. The van der Waals surface area contributed by atoms with Crippen molar-refractivity contribution in [3.8, 4) is 5.75 Å². The van der Waals surface area contributed by atoms with Gasteiger partial charge in [-0.15, -0.1) is 6.58 Å². The molecule has 0 N–H and O–H groups in total. The molecule has 3 aliphatic rings. The summed E-state index contributed by atoms with van der Waals surface area (Å²) in [6, 6.07) is 12.1. The molecule has 0 saturated heterocycles. The zero-order valence-electron chi connectivity index (χ0n) is 22.2. The Bertz CT molecular complexity index is 1180. The number of ether oxygens (including phenoxy) is 2. The monoisotopic (exact) mass is 539 g/mol. The van der Waals surface area contributed by atoms with Crippen molar-refractivity contribution >= 4 is 35.0 Å². The first kappa shape index (κ1) is 26.5. The Morgan fingerprint density at radius 3 is 2.84 bits per heavy atom. The average molecular weight is 540 g/mol. The van der Waals surface area contributed by atoms with Crippen LogP contribution in [0.1, 0.15) is 67.9 Å². The quantitative estimate of drug-likeness (QED) is 0.281. The van der Waals surface area contributed by atoms with Gasteiger partial charge in [-0.2, -0.15) is 11.8 Å². The maximum Gasteiger partial charge on any atom is 0.338 e. The van der Waals surface area contributed by atoms with E-state index in [1.807, 2.05) is 62.9 Å². The van der Waals surface area contributed by atoms with Gasteiger partial charge in [0.25, 0.3) is 0 Å². The Kier molecular flexibility index (Phi) is 7.57. The second-order valence-corrected chi connectivity index (χ2v) is 13.5. The Labute approximate surface area is 230 Å². The highest BCUT2D eigenvalue weighted by Gasteiger charge is 2.43. The van der Waals surface area contributed by atoms with Crippen molar-refractivity contribution in [2.75, 3.05) is 30.3 Å². The second kappa shape index (κ2) is 10.6. The zero-order chi connectivity index (χ0) is 26.2. The first-order valence-corrected chi connectivity index (χ1v) is 14.9. The molecule has 2 aromatic carbocycles. The first-order valence-electron chi connectivity index (χ1n) is 13.4.